The quantitative estimate of drug-likeness (QED) is 0.414. The molecular formula is C19H19N3O6S2. The number of pyridine rings is 1. The molecule has 1 heterocycles. The van der Waals surface area contributed by atoms with Gasteiger partial charge >= 0.3 is 0 Å². The van der Waals surface area contributed by atoms with E-state index in [0.717, 1.165) is 11.1 Å². The Labute approximate surface area is 174 Å². The molecule has 0 atom stereocenters. The minimum atomic E-state index is -4.27. The van der Waals surface area contributed by atoms with E-state index in [1.54, 1.807) is 0 Å². The fraction of sp³-hybridized carbons (Fsp3) is 0.105. The second-order valence-corrected chi connectivity index (χ2v) is 9.39. The highest BCUT2D eigenvalue weighted by atomic mass is 32.2. The largest absolute Gasteiger partial charge is 0.340 e. The van der Waals surface area contributed by atoms with Crippen molar-refractivity contribution in [1.82, 2.24) is 4.98 Å². The summed E-state index contributed by atoms with van der Waals surface area (Å²) in [6.45, 7) is 3.78. The maximum atomic E-state index is 11.2. The molecule has 3 rings (SSSR count). The van der Waals surface area contributed by atoms with Gasteiger partial charge in [0.2, 0.25) is 0 Å². The third-order valence-corrected chi connectivity index (χ3v) is 6.11. The molecule has 4 N–H and O–H groups in total. The summed E-state index contributed by atoms with van der Waals surface area (Å²) in [7, 11) is -8.53. The van der Waals surface area contributed by atoms with Gasteiger partial charge < -0.3 is 10.6 Å². The molecule has 0 spiro atoms. The van der Waals surface area contributed by atoms with Crippen molar-refractivity contribution in [3.8, 4) is 0 Å². The van der Waals surface area contributed by atoms with E-state index in [2.05, 4.69) is 15.6 Å². The first kappa shape index (κ1) is 21.7. The van der Waals surface area contributed by atoms with Crippen LogP contribution in [0.3, 0.4) is 0 Å². The highest BCUT2D eigenvalue weighted by Crippen LogP contribution is 2.26. The predicted molar refractivity (Wildman–Crippen MR) is 113 cm³/mol. The summed E-state index contributed by atoms with van der Waals surface area (Å²) in [5, 5.41) is 6.17. The fourth-order valence-electron chi connectivity index (χ4n) is 2.63. The second kappa shape index (κ2) is 8.03. The lowest BCUT2D eigenvalue weighted by Crippen LogP contribution is -2.03. The van der Waals surface area contributed by atoms with Gasteiger partial charge in [0.1, 0.15) is 11.6 Å². The van der Waals surface area contributed by atoms with Crippen LogP contribution in [0.25, 0.3) is 0 Å². The van der Waals surface area contributed by atoms with Gasteiger partial charge in [-0.05, 0) is 79.6 Å². The molecule has 0 bridgehead atoms. The molecule has 0 radical (unpaired) electrons. The third-order valence-electron chi connectivity index (χ3n) is 4.37. The molecule has 0 aliphatic rings. The third kappa shape index (κ3) is 5.13. The van der Waals surface area contributed by atoms with Crippen LogP contribution in [0, 0.1) is 13.8 Å². The summed E-state index contributed by atoms with van der Waals surface area (Å²) < 4.78 is 62.7. The number of hydrogen-bond donors (Lipinski definition) is 4. The lowest BCUT2D eigenvalue weighted by molar-refractivity contribution is 0.481. The molecule has 0 aliphatic carbocycles. The summed E-state index contributed by atoms with van der Waals surface area (Å²) in [5.41, 5.74) is 2.95. The van der Waals surface area contributed by atoms with Gasteiger partial charge in [0.15, 0.2) is 0 Å². The molecule has 0 unspecified atom stereocenters. The van der Waals surface area contributed by atoms with Crippen LogP contribution in [-0.2, 0) is 20.2 Å². The van der Waals surface area contributed by atoms with Crippen molar-refractivity contribution in [1.29, 1.82) is 0 Å². The van der Waals surface area contributed by atoms with E-state index in [0.29, 0.717) is 23.0 Å². The van der Waals surface area contributed by atoms with E-state index in [9.17, 15) is 16.8 Å². The van der Waals surface area contributed by atoms with E-state index < -0.39 is 20.2 Å². The molecule has 0 saturated heterocycles. The Morgan fingerprint density at radius 3 is 1.60 bits per heavy atom. The van der Waals surface area contributed by atoms with Gasteiger partial charge in [-0.15, -0.1) is 0 Å². The number of aryl methyl sites for hydroxylation is 1. The van der Waals surface area contributed by atoms with E-state index in [-0.39, 0.29) is 9.79 Å². The highest BCUT2D eigenvalue weighted by Gasteiger charge is 2.12. The molecule has 2 aromatic carbocycles. The monoisotopic (exact) mass is 449 g/mol. The molecule has 158 valence electrons. The Hall–Kier alpha value is -2.99. The van der Waals surface area contributed by atoms with Crippen LogP contribution in [0.4, 0.5) is 23.0 Å². The zero-order chi connectivity index (χ0) is 22.1. The Morgan fingerprint density at radius 1 is 0.733 bits per heavy atom. The summed E-state index contributed by atoms with van der Waals surface area (Å²) in [5.74, 6) is 1.03. The van der Waals surface area contributed by atoms with E-state index >= 15 is 0 Å². The molecule has 1 aromatic heterocycles. The lowest BCUT2D eigenvalue weighted by Gasteiger charge is -2.14. The van der Waals surface area contributed by atoms with Crippen molar-refractivity contribution in [2.45, 2.75) is 23.6 Å². The van der Waals surface area contributed by atoms with Gasteiger partial charge in [0.05, 0.1) is 9.79 Å². The SMILES string of the molecule is Cc1cc(Nc2ccc(S(=O)(=O)O)cc2)nc(Nc2ccc(S(=O)(=O)O)cc2)c1C. The van der Waals surface area contributed by atoms with Gasteiger partial charge in [0, 0.05) is 11.4 Å². The van der Waals surface area contributed by atoms with E-state index in [1.807, 2.05) is 19.9 Å². The van der Waals surface area contributed by atoms with E-state index in [4.69, 9.17) is 9.11 Å². The molecule has 30 heavy (non-hydrogen) atoms. The molecule has 3 aromatic rings. The highest BCUT2D eigenvalue weighted by molar-refractivity contribution is 7.86. The van der Waals surface area contributed by atoms with Gasteiger partial charge in [-0.1, -0.05) is 0 Å². The maximum absolute atomic E-state index is 11.2. The van der Waals surface area contributed by atoms with Gasteiger partial charge in [-0.2, -0.15) is 16.8 Å². The first-order valence-electron chi connectivity index (χ1n) is 8.61. The van der Waals surface area contributed by atoms with Crippen molar-refractivity contribution in [2.75, 3.05) is 10.6 Å². The van der Waals surface area contributed by atoms with Gasteiger partial charge in [0.25, 0.3) is 20.2 Å². The number of rotatable bonds is 6. The first-order chi connectivity index (χ1) is 13.9. The normalized spacial score (nSPS) is 11.9. The lowest BCUT2D eigenvalue weighted by atomic mass is 10.1. The average Bonchev–Trinajstić information content (AvgIpc) is 2.65. The zero-order valence-electron chi connectivity index (χ0n) is 16.0. The van der Waals surface area contributed by atoms with Crippen molar-refractivity contribution < 1.29 is 25.9 Å². The van der Waals surface area contributed by atoms with Crippen molar-refractivity contribution in [2.24, 2.45) is 0 Å². The van der Waals surface area contributed by atoms with Crippen molar-refractivity contribution >= 4 is 43.2 Å². The molecule has 9 nitrogen and oxygen atoms in total. The summed E-state index contributed by atoms with van der Waals surface area (Å²) in [4.78, 5) is 4.09. The maximum Gasteiger partial charge on any atom is 0.294 e. The molecule has 0 aliphatic heterocycles. The summed E-state index contributed by atoms with van der Waals surface area (Å²) >= 11 is 0. The topological polar surface area (TPSA) is 146 Å². The summed E-state index contributed by atoms with van der Waals surface area (Å²) in [6, 6.07) is 12.9. The fourth-order valence-corrected chi connectivity index (χ4v) is 3.59. The Morgan fingerprint density at radius 2 is 1.17 bits per heavy atom. The molecule has 0 fully saturated rings. The minimum Gasteiger partial charge on any atom is -0.340 e. The number of nitrogens with one attached hydrogen (secondary N) is 2. The van der Waals surface area contributed by atoms with Crippen LogP contribution in [-0.4, -0.2) is 30.9 Å². The number of benzene rings is 2. The summed E-state index contributed by atoms with van der Waals surface area (Å²) in [6.07, 6.45) is 0. The number of hydrogen-bond acceptors (Lipinski definition) is 7. The molecule has 0 saturated carbocycles. The van der Waals surface area contributed by atoms with Crippen LogP contribution < -0.4 is 10.6 Å². The van der Waals surface area contributed by atoms with E-state index in [1.165, 1.54) is 48.5 Å². The van der Waals surface area contributed by atoms with Crippen LogP contribution in [0.2, 0.25) is 0 Å². The smallest absolute Gasteiger partial charge is 0.294 e. The predicted octanol–water partition coefficient (Wildman–Crippen LogP) is 3.68. The van der Waals surface area contributed by atoms with Crippen molar-refractivity contribution in [3.05, 3.63) is 65.7 Å². The second-order valence-electron chi connectivity index (χ2n) is 6.55. The standard InChI is InChI=1S/C19H19N3O6S2/c1-12-11-18(20-14-3-7-16(8-4-14)29(23,24)25)22-19(13(12)2)21-15-5-9-17(10-6-15)30(26,27)28/h3-11H,1-2H3,(H2,20,21,22)(H,23,24,25)(H,26,27,28). The molecule has 11 heteroatoms. The molecular weight excluding hydrogens is 430 g/mol. The van der Waals surface area contributed by atoms with Crippen LogP contribution >= 0.6 is 0 Å². The number of anilines is 4. The van der Waals surface area contributed by atoms with Gasteiger partial charge in [-0.3, -0.25) is 9.11 Å². The molecule has 0 amide bonds. The Kier molecular flexibility index (Phi) is 5.81. The Bertz CT molecular complexity index is 1290. The van der Waals surface area contributed by atoms with Crippen LogP contribution in [0.15, 0.2) is 64.4 Å². The Balaban J connectivity index is 1.85. The van der Waals surface area contributed by atoms with Crippen molar-refractivity contribution in [3.63, 3.8) is 0 Å². The number of aromatic nitrogens is 1. The zero-order valence-corrected chi connectivity index (χ0v) is 17.6. The average molecular weight is 450 g/mol. The van der Waals surface area contributed by atoms with Gasteiger partial charge in [-0.25, -0.2) is 4.98 Å². The van der Waals surface area contributed by atoms with Crippen LogP contribution in [0.5, 0.6) is 0 Å². The van der Waals surface area contributed by atoms with Crippen LogP contribution in [0.1, 0.15) is 11.1 Å². The minimum absolute atomic E-state index is 0.210. The number of nitrogens with zero attached hydrogens (tertiary/aromatic N) is 1. The first-order valence-corrected chi connectivity index (χ1v) is 11.5.